The molecule has 4 N–H and O–H groups in total. The molecule has 0 fully saturated rings. The molecule has 0 aliphatic heterocycles. The molecule has 12 nitrogen and oxygen atoms in total. The zero-order valence-corrected chi connectivity index (χ0v) is 18.0. The first-order valence-corrected chi connectivity index (χ1v) is 9.77. The Bertz CT molecular complexity index is 1320. The van der Waals surface area contributed by atoms with E-state index in [1.54, 1.807) is 36.4 Å². The Morgan fingerprint density at radius 1 is 1.31 bits per heavy atom. The standard InChI is InChI=1S/C19H15BrN8O4/c1-31-13-4-2-3-10(8-13)16-15(23-27-28(16)18-17(21)25-32-26-18)19(30)24-22-9-11-7-12(20)5-6-14(11)29/h2-9,29H,1H3,(H2,21,25)(H,24,30)/b22-9-. The first-order valence-electron chi connectivity index (χ1n) is 8.98. The maximum atomic E-state index is 12.9. The van der Waals surface area contributed by atoms with Gasteiger partial charge in [0.15, 0.2) is 5.69 Å². The summed E-state index contributed by atoms with van der Waals surface area (Å²) in [4.78, 5) is 12.9. The largest absolute Gasteiger partial charge is 0.507 e. The molecule has 0 saturated heterocycles. The molecule has 4 aromatic rings. The number of nitrogens with two attached hydrogens (primary N) is 1. The zero-order valence-electron chi connectivity index (χ0n) is 16.4. The Morgan fingerprint density at radius 2 is 2.16 bits per heavy atom. The van der Waals surface area contributed by atoms with Gasteiger partial charge in [-0.3, -0.25) is 4.79 Å². The number of carbonyl (C=O) groups excluding carboxylic acids is 1. The van der Waals surface area contributed by atoms with Gasteiger partial charge in [0.25, 0.3) is 5.91 Å². The molecule has 0 aliphatic rings. The van der Waals surface area contributed by atoms with Crippen molar-refractivity contribution < 1.29 is 19.3 Å². The van der Waals surface area contributed by atoms with Crippen LogP contribution in [0.15, 0.2) is 56.7 Å². The number of nitrogens with one attached hydrogen (secondary N) is 1. The number of hydrogen-bond acceptors (Lipinski definition) is 10. The second-order valence-corrected chi connectivity index (χ2v) is 7.22. The number of aromatic hydroxyl groups is 1. The molecular weight excluding hydrogens is 484 g/mol. The number of hydrazone groups is 1. The number of nitrogen functional groups attached to an aromatic ring is 1. The molecule has 0 bridgehead atoms. The van der Waals surface area contributed by atoms with Crippen LogP contribution in [0.4, 0.5) is 5.82 Å². The third-order valence-electron chi connectivity index (χ3n) is 4.28. The van der Waals surface area contributed by atoms with Gasteiger partial charge in [0.05, 0.1) is 13.3 Å². The summed E-state index contributed by atoms with van der Waals surface area (Å²) in [5, 5.41) is 29.0. The molecule has 2 aromatic heterocycles. The molecule has 0 atom stereocenters. The minimum absolute atomic E-state index is 0.00298. The van der Waals surface area contributed by atoms with Crippen LogP contribution in [0.2, 0.25) is 0 Å². The van der Waals surface area contributed by atoms with Gasteiger partial charge in [0.2, 0.25) is 11.6 Å². The summed E-state index contributed by atoms with van der Waals surface area (Å²) >= 11 is 3.31. The Hall–Kier alpha value is -4.26. The number of carbonyl (C=O) groups is 1. The first-order chi connectivity index (χ1) is 15.5. The van der Waals surface area contributed by atoms with Crippen molar-refractivity contribution in [3.8, 4) is 28.6 Å². The van der Waals surface area contributed by atoms with Crippen LogP contribution in [0.1, 0.15) is 16.1 Å². The van der Waals surface area contributed by atoms with Gasteiger partial charge in [-0.15, -0.1) is 5.10 Å². The maximum Gasteiger partial charge on any atom is 0.294 e. The SMILES string of the molecule is COc1cccc(-c2c(C(=O)N/N=C\c3cc(Br)ccc3O)nnn2-c2nonc2N)c1. The fourth-order valence-corrected chi connectivity index (χ4v) is 3.17. The normalized spacial score (nSPS) is 11.1. The van der Waals surface area contributed by atoms with E-state index in [2.05, 4.69) is 51.7 Å². The average Bonchev–Trinajstić information content (AvgIpc) is 3.42. The van der Waals surface area contributed by atoms with Crippen molar-refractivity contribution in [2.24, 2.45) is 5.10 Å². The number of phenolic OH excluding ortho intramolecular Hbond substituents is 1. The predicted octanol–water partition coefficient (Wildman–Crippen LogP) is 2.14. The summed E-state index contributed by atoms with van der Waals surface area (Å²) in [7, 11) is 1.52. The van der Waals surface area contributed by atoms with E-state index in [-0.39, 0.29) is 28.8 Å². The highest BCUT2D eigenvalue weighted by atomic mass is 79.9. The van der Waals surface area contributed by atoms with E-state index in [1.165, 1.54) is 24.1 Å². The summed E-state index contributed by atoms with van der Waals surface area (Å²) in [5.74, 6) is -0.0693. The summed E-state index contributed by atoms with van der Waals surface area (Å²) in [6.45, 7) is 0. The molecule has 13 heteroatoms. The zero-order chi connectivity index (χ0) is 22.7. The summed E-state index contributed by atoms with van der Waals surface area (Å²) in [6.07, 6.45) is 1.30. The Labute approximate surface area is 188 Å². The Kier molecular flexibility index (Phi) is 5.81. The van der Waals surface area contributed by atoms with Crippen LogP contribution < -0.4 is 15.9 Å². The van der Waals surface area contributed by atoms with Gasteiger partial charge in [-0.05, 0) is 40.6 Å². The van der Waals surface area contributed by atoms with Gasteiger partial charge in [0, 0.05) is 15.6 Å². The van der Waals surface area contributed by atoms with Gasteiger partial charge in [0.1, 0.15) is 17.2 Å². The number of anilines is 1. The quantitative estimate of drug-likeness (QED) is 0.266. The lowest BCUT2D eigenvalue weighted by Crippen LogP contribution is -2.19. The van der Waals surface area contributed by atoms with Gasteiger partial charge < -0.3 is 15.6 Å². The topological polar surface area (TPSA) is 167 Å². The number of methoxy groups -OCH3 is 1. The van der Waals surface area contributed by atoms with E-state index in [9.17, 15) is 9.90 Å². The fraction of sp³-hybridized carbons (Fsp3) is 0.0526. The van der Waals surface area contributed by atoms with Crippen LogP contribution in [0.3, 0.4) is 0 Å². The molecule has 0 saturated carbocycles. The molecule has 0 aliphatic carbocycles. The molecular formula is C19H15BrN8O4. The number of aromatic nitrogens is 5. The lowest BCUT2D eigenvalue weighted by atomic mass is 10.1. The first kappa shape index (κ1) is 21.0. The van der Waals surface area contributed by atoms with E-state index in [0.29, 0.717) is 16.9 Å². The van der Waals surface area contributed by atoms with Gasteiger partial charge in [-0.1, -0.05) is 33.3 Å². The van der Waals surface area contributed by atoms with Gasteiger partial charge >= 0.3 is 0 Å². The maximum absolute atomic E-state index is 12.9. The van der Waals surface area contributed by atoms with Crippen LogP contribution in [0.25, 0.3) is 17.1 Å². The minimum Gasteiger partial charge on any atom is -0.507 e. The molecule has 0 unspecified atom stereocenters. The molecule has 1 amide bonds. The summed E-state index contributed by atoms with van der Waals surface area (Å²) in [6, 6.07) is 11.7. The molecule has 32 heavy (non-hydrogen) atoms. The third-order valence-corrected chi connectivity index (χ3v) is 4.78. The third kappa shape index (κ3) is 4.13. The van der Waals surface area contributed by atoms with Crippen LogP contribution in [0, 0.1) is 0 Å². The number of rotatable bonds is 6. The van der Waals surface area contributed by atoms with E-state index in [0.717, 1.165) is 4.47 Å². The number of nitrogens with zero attached hydrogens (tertiary/aromatic N) is 6. The van der Waals surface area contributed by atoms with Crippen molar-refractivity contribution in [3.63, 3.8) is 0 Å². The van der Waals surface area contributed by atoms with Crippen LogP contribution in [-0.4, -0.2) is 49.6 Å². The number of hydrogen-bond donors (Lipinski definition) is 3. The second kappa shape index (κ2) is 8.85. The van der Waals surface area contributed by atoms with Crippen molar-refractivity contribution in [2.45, 2.75) is 0 Å². The monoisotopic (exact) mass is 498 g/mol. The fourth-order valence-electron chi connectivity index (χ4n) is 2.79. The van der Waals surface area contributed by atoms with Crippen molar-refractivity contribution >= 4 is 33.9 Å². The second-order valence-electron chi connectivity index (χ2n) is 6.31. The molecule has 0 radical (unpaired) electrons. The molecule has 2 heterocycles. The minimum atomic E-state index is -0.658. The number of amides is 1. The highest BCUT2D eigenvalue weighted by Crippen LogP contribution is 2.29. The number of ether oxygens (including phenoxy) is 1. The molecule has 4 rings (SSSR count). The Morgan fingerprint density at radius 3 is 2.91 bits per heavy atom. The van der Waals surface area contributed by atoms with Crippen LogP contribution >= 0.6 is 15.9 Å². The van der Waals surface area contributed by atoms with Crippen LogP contribution in [0.5, 0.6) is 11.5 Å². The van der Waals surface area contributed by atoms with Crippen molar-refractivity contribution in [1.82, 2.24) is 30.7 Å². The summed E-state index contributed by atoms with van der Waals surface area (Å²) in [5.41, 5.74) is 9.33. The lowest BCUT2D eigenvalue weighted by molar-refractivity contribution is 0.0950. The summed E-state index contributed by atoms with van der Waals surface area (Å²) < 4.78 is 11.9. The molecule has 162 valence electrons. The van der Waals surface area contributed by atoms with Crippen LogP contribution in [-0.2, 0) is 0 Å². The van der Waals surface area contributed by atoms with Crippen molar-refractivity contribution in [3.05, 3.63) is 58.2 Å². The number of halogens is 1. The van der Waals surface area contributed by atoms with Gasteiger partial charge in [-0.2, -0.15) is 9.78 Å². The van der Waals surface area contributed by atoms with Gasteiger partial charge in [-0.25, -0.2) is 10.1 Å². The highest BCUT2D eigenvalue weighted by molar-refractivity contribution is 9.10. The number of phenols is 1. The van der Waals surface area contributed by atoms with Crippen molar-refractivity contribution in [2.75, 3.05) is 12.8 Å². The van der Waals surface area contributed by atoms with E-state index < -0.39 is 5.91 Å². The van der Waals surface area contributed by atoms with Crippen molar-refractivity contribution in [1.29, 1.82) is 0 Å². The highest BCUT2D eigenvalue weighted by Gasteiger charge is 2.25. The smallest absolute Gasteiger partial charge is 0.294 e. The number of benzene rings is 2. The lowest BCUT2D eigenvalue weighted by Gasteiger charge is -2.07. The van der Waals surface area contributed by atoms with E-state index in [4.69, 9.17) is 10.5 Å². The van der Waals surface area contributed by atoms with E-state index >= 15 is 0 Å². The molecule has 2 aromatic carbocycles. The molecule has 0 spiro atoms. The Balaban J connectivity index is 1.71. The predicted molar refractivity (Wildman–Crippen MR) is 116 cm³/mol. The van der Waals surface area contributed by atoms with E-state index in [1.807, 2.05) is 0 Å². The average molecular weight is 499 g/mol.